The number of rotatable bonds is 29. The summed E-state index contributed by atoms with van der Waals surface area (Å²) >= 11 is 0. The van der Waals surface area contributed by atoms with Gasteiger partial charge in [-0.1, -0.05) is 142 Å². The molecule has 0 aliphatic rings. The zero-order valence-electron chi connectivity index (χ0n) is 30.3. The SMILES string of the molecule is CCCCCCCCCCCCC/C(=N/N=C(/CCCCCCCCCCCCC)c1ccc(OC)cc1)c1ccc(OC)cc1. The van der Waals surface area contributed by atoms with Gasteiger partial charge in [-0.2, -0.15) is 10.2 Å². The van der Waals surface area contributed by atoms with Crippen molar-refractivity contribution in [2.45, 2.75) is 168 Å². The molecule has 258 valence electrons. The molecule has 0 unspecified atom stereocenters. The third-order valence-electron chi connectivity index (χ3n) is 9.17. The predicted octanol–water partition coefficient (Wildman–Crippen LogP) is 13.3. The largest absolute Gasteiger partial charge is 0.497 e. The van der Waals surface area contributed by atoms with E-state index in [0.717, 1.165) is 59.7 Å². The van der Waals surface area contributed by atoms with E-state index in [1.54, 1.807) is 14.2 Å². The van der Waals surface area contributed by atoms with E-state index in [2.05, 4.69) is 38.1 Å². The maximum atomic E-state index is 5.42. The first-order valence-corrected chi connectivity index (χ1v) is 19.1. The van der Waals surface area contributed by atoms with Crippen LogP contribution in [-0.4, -0.2) is 25.6 Å². The van der Waals surface area contributed by atoms with Gasteiger partial charge in [0.1, 0.15) is 11.5 Å². The first-order valence-electron chi connectivity index (χ1n) is 19.1. The molecule has 0 saturated carbocycles. The molecule has 0 radical (unpaired) electrons. The van der Waals surface area contributed by atoms with Crippen LogP contribution >= 0.6 is 0 Å². The van der Waals surface area contributed by atoms with Gasteiger partial charge < -0.3 is 9.47 Å². The van der Waals surface area contributed by atoms with E-state index in [0.29, 0.717) is 0 Å². The van der Waals surface area contributed by atoms with Gasteiger partial charge in [0.2, 0.25) is 0 Å². The van der Waals surface area contributed by atoms with Crippen molar-refractivity contribution in [2.75, 3.05) is 14.2 Å². The Balaban J connectivity index is 1.97. The Hall–Kier alpha value is -2.62. The maximum absolute atomic E-state index is 5.42. The molecule has 0 amide bonds. The molecule has 4 heteroatoms. The van der Waals surface area contributed by atoms with Crippen LogP contribution in [0.1, 0.15) is 179 Å². The zero-order chi connectivity index (χ0) is 32.9. The molecular weight excluding hydrogens is 564 g/mol. The van der Waals surface area contributed by atoms with Crippen molar-refractivity contribution in [1.29, 1.82) is 0 Å². The lowest BCUT2D eigenvalue weighted by molar-refractivity contribution is 0.414. The minimum atomic E-state index is 0.872. The van der Waals surface area contributed by atoms with Crippen LogP contribution in [0.2, 0.25) is 0 Å². The van der Waals surface area contributed by atoms with Crippen molar-refractivity contribution in [1.82, 2.24) is 0 Å². The van der Waals surface area contributed by atoms with E-state index in [4.69, 9.17) is 19.7 Å². The molecule has 0 aromatic heterocycles. The minimum Gasteiger partial charge on any atom is -0.497 e. The number of ether oxygens (including phenoxy) is 2. The summed E-state index contributed by atoms with van der Waals surface area (Å²) < 4.78 is 10.8. The Morgan fingerprint density at radius 1 is 0.391 bits per heavy atom. The normalized spacial score (nSPS) is 12.1. The van der Waals surface area contributed by atoms with Crippen molar-refractivity contribution >= 4 is 11.4 Å². The Bertz CT molecular complexity index is 957. The van der Waals surface area contributed by atoms with Gasteiger partial charge in [-0.25, -0.2) is 0 Å². The van der Waals surface area contributed by atoms with Crippen molar-refractivity contribution in [3.63, 3.8) is 0 Å². The van der Waals surface area contributed by atoms with E-state index in [-0.39, 0.29) is 0 Å². The summed E-state index contributed by atoms with van der Waals surface area (Å²) in [4.78, 5) is 0. The van der Waals surface area contributed by atoms with E-state index in [1.807, 2.05) is 24.3 Å². The molecular formula is C42H68N2O2. The summed E-state index contributed by atoms with van der Waals surface area (Å²) in [5, 5.41) is 9.91. The van der Waals surface area contributed by atoms with Crippen LogP contribution in [0.15, 0.2) is 58.7 Å². The van der Waals surface area contributed by atoms with Gasteiger partial charge in [-0.3, -0.25) is 0 Å². The Morgan fingerprint density at radius 2 is 0.652 bits per heavy atom. The highest BCUT2D eigenvalue weighted by Gasteiger charge is 2.08. The fourth-order valence-electron chi connectivity index (χ4n) is 6.10. The van der Waals surface area contributed by atoms with Crippen LogP contribution in [0, 0.1) is 0 Å². The molecule has 0 heterocycles. The summed E-state index contributed by atoms with van der Waals surface area (Å²) in [5.74, 6) is 1.74. The molecule has 0 atom stereocenters. The lowest BCUT2D eigenvalue weighted by Crippen LogP contribution is -2.04. The Kier molecular flexibility index (Phi) is 23.6. The van der Waals surface area contributed by atoms with E-state index in [1.165, 1.54) is 128 Å². The first kappa shape index (κ1) is 39.6. The summed E-state index contributed by atoms with van der Waals surface area (Å²) in [6, 6.07) is 16.6. The Labute approximate surface area is 283 Å². The van der Waals surface area contributed by atoms with Crippen LogP contribution < -0.4 is 9.47 Å². The zero-order valence-corrected chi connectivity index (χ0v) is 30.3. The highest BCUT2D eigenvalue weighted by Crippen LogP contribution is 2.20. The van der Waals surface area contributed by atoms with E-state index in [9.17, 15) is 0 Å². The van der Waals surface area contributed by atoms with Gasteiger partial charge in [0.25, 0.3) is 0 Å². The van der Waals surface area contributed by atoms with Crippen LogP contribution in [0.25, 0.3) is 0 Å². The third kappa shape index (κ3) is 18.5. The van der Waals surface area contributed by atoms with Crippen LogP contribution in [0.3, 0.4) is 0 Å². The monoisotopic (exact) mass is 633 g/mol. The second kappa shape index (κ2) is 27.5. The molecule has 2 rings (SSSR count). The van der Waals surface area contributed by atoms with Crippen molar-refractivity contribution in [2.24, 2.45) is 10.2 Å². The molecule has 0 N–H and O–H groups in total. The molecule has 2 aromatic rings. The lowest BCUT2D eigenvalue weighted by atomic mass is 10.0. The highest BCUT2D eigenvalue weighted by atomic mass is 16.5. The van der Waals surface area contributed by atoms with Gasteiger partial charge in [0, 0.05) is 0 Å². The van der Waals surface area contributed by atoms with Crippen LogP contribution in [0.5, 0.6) is 11.5 Å². The molecule has 0 aliphatic heterocycles. The summed E-state index contributed by atoms with van der Waals surface area (Å²) in [6.07, 6.45) is 31.4. The molecule has 4 nitrogen and oxygen atoms in total. The number of hydrogen-bond donors (Lipinski definition) is 0. The summed E-state index contributed by atoms with van der Waals surface area (Å²) in [6.45, 7) is 4.58. The third-order valence-corrected chi connectivity index (χ3v) is 9.17. The quantitative estimate of drug-likeness (QED) is 0.0509. The van der Waals surface area contributed by atoms with Crippen LogP contribution in [0.4, 0.5) is 0 Å². The number of benzene rings is 2. The summed E-state index contributed by atoms with van der Waals surface area (Å²) in [5.41, 5.74) is 4.42. The number of hydrogen-bond acceptors (Lipinski definition) is 4. The van der Waals surface area contributed by atoms with E-state index < -0.39 is 0 Å². The number of unbranched alkanes of at least 4 members (excludes halogenated alkanes) is 20. The second-order valence-electron chi connectivity index (χ2n) is 13.1. The average Bonchev–Trinajstić information content (AvgIpc) is 3.10. The fraction of sp³-hybridized carbons (Fsp3) is 0.667. The standard InChI is InChI=1S/C42H68N2O2/c1-5-7-9-11-13-15-17-19-21-23-25-27-41(37-29-33-39(45-3)34-30-37)43-44-42(38-31-35-40(46-4)36-32-38)28-26-24-22-20-18-16-14-12-10-8-6-2/h29-36H,5-28H2,1-4H3/b43-41-,44-42-. The van der Waals surface area contributed by atoms with Gasteiger partial charge >= 0.3 is 0 Å². The van der Waals surface area contributed by atoms with Gasteiger partial charge in [-0.05, 0) is 85.3 Å². The molecule has 0 fully saturated rings. The number of methoxy groups -OCH3 is 2. The highest BCUT2D eigenvalue weighted by molar-refractivity contribution is 6.03. The maximum Gasteiger partial charge on any atom is 0.118 e. The first-order chi connectivity index (χ1) is 22.7. The molecule has 0 saturated heterocycles. The van der Waals surface area contributed by atoms with Crippen molar-refractivity contribution < 1.29 is 9.47 Å². The summed E-state index contributed by atoms with van der Waals surface area (Å²) in [7, 11) is 3.44. The second-order valence-corrected chi connectivity index (χ2v) is 13.1. The van der Waals surface area contributed by atoms with Crippen molar-refractivity contribution in [3.05, 3.63) is 59.7 Å². The smallest absolute Gasteiger partial charge is 0.118 e. The van der Waals surface area contributed by atoms with Gasteiger partial charge in [0.15, 0.2) is 0 Å². The fourth-order valence-corrected chi connectivity index (χ4v) is 6.10. The van der Waals surface area contributed by atoms with Gasteiger partial charge in [-0.15, -0.1) is 0 Å². The van der Waals surface area contributed by atoms with E-state index >= 15 is 0 Å². The minimum absolute atomic E-state index is 0.872. The molecule has 2 aromatic carbocycles. The number of nitrogens with zero attached hydrogens (tertiary/aromatic N) is 2. The van der Waals surface area contributed by atoms with Crippen molar-refractivity contribution in [3.8, 4) is 11.5 Å². The lowest BCUT2D eigenvalue weighted by Gasteiger charge is -2.10. The van der Waals surface area contributed by atoms with Gasteiger partial charge in [0.05, 0.1) is 25.6 Å². The molecule has 0 spiro atoms. The topological polar surface area (TPSA) is 43.2 Å². The Morgan fingerprint density at radius 3 is 0.913 bits per heavy atom. The van der Waals surface area contributed by atoms with Crippen LogP contribution in [-0.2, 0) is 0 Å². The molecule has 46 heavy (non-hydrogen) atoms. The molecule has 0 aliphatic carbocycles. The molecule has 0 bridgehead atoms. The predicted molar refractivity (Wildman–Crippen MR) is 201 cm³/mol. The average molecular weight is 633 g/mol.